The highest BCUT2D eigenvalue weighted by Gasteiger charge is 2.29. The Morgan fingerprint density at radius 3 is 2.32 bits per heavy atom. The Morgan fingerprint density at radius 1 is 1.19 bits per heavy atom. The second-order valence-corrected chi connectivity index (χ2v) is 9.19. The van der Waals surface area contributed by atoms with E-state index in [4.69, 9.17) is 21.3 Å². The third kappa shape index (κ3) is 7.23. The van der Waals surface area contributed by atoms with Crippen LogP contribution >= 0.6 is 11.6 Å². The average molecular weight is 476 g/mol. The average Bonchev–Trinajstić information content (AvgIpc) is 2.85. The molecular weight excluding hydrogens is 450 g/mol. The molecule has 11 heteroatoms. The first-order chi connectivity index (χ1) is 14.4. The van der Waals surface area contributed by atoms with Crippen LogP contribution < -0.4 is 0 Å². The van der Waals surface area contributed by atoms with Gasteiger partial charge in [0.05, 0.1) is 24.0 Å². The minimum atomic E-state index is -3.67. The normalized spacial score (nSPS) is 17.8. The molecule has 2 unspecified atom stereocenters. The molecule has 0 radical (unpaired) electrons. The number of rotatable bonds is 4. The Balaban J connectivity index is 0.000000614. The Morgan fingerprint density at radius 2 is 1.77 bits per heavy atom. The van der Waals surface area contributed by atoms with Crippen LogP contribution in [0.25, 0.3) is 0 Å². The van der Waals surface area contributed by atoms with Crippen LogP contribution in [0.3, 0.4) is 0 Å². The van der Waals surface area contributed by atoms with Gasteiger partial charge in [-0.25, -0.2) is 0 Å². The van der Waals surface area contributed by atoms with E-state index in [0.717, 1.165) is 16.7 Å². The summed E-state index contributed by atoms with van der Waals surface area (Å²) in [4.78, 5) is 2.02. The maximum Gasteiger partial charge on any atom is 0.261 e. The fourth-order valence-electron chi connectivity index (χ4n) is 3.48. The summed E-state index contributed by atoms with van der Waals surface area (Å²) in [6.07, 6.45) is 0.399. The van der Waals surface area contributed by atoms with Crippen molar-refractivity contribution in [2.75, 3.05) is 32.5 Å². The Kier molecular flexibility index (Phi) is 8.52. The molecule has 31 heavy (non-hydrogen) atoms. The van der Waals surface area contributed by atoms with Crippen LogP contribution in [0.5, 0.6) is 17.2 Å². The Hall–Kier alpha value is -2.08. The van der Waals surface area contributed by atoms with Crippen molar-refractivity contribution in [1.82, 2.24) is 4.90 Å². The number of β-amino-alcohol motifs (C(OH)–C–C–N with tert-alkyl or cyclic N) is 1. The van der Waals surface area contributed by atoms with Crippen molar-refractivity contribution in [2.45, 2.75) is 18.4 Å². The van der Waals surface area contributed by atoms with Crippen molar-refractivity contribution < 1.29 is 38.5 Å². The van der Waals surface area contributed by atoms with Gasteiger partial charge in [-0.05, 0) is 41.3 Å². The largest absolute Gasteiger partial charge is 0.508 e. The number of phenols is 3. The topological polar surface area (TPSA) is 159 Å². The van der Waals surface area contributed by atoms with Gasteiger partial charge in [0.2, 0.25) is 0 Å². The fourth-order valence-corrected chi connectivity index (χ4v) is 3.78. The van der Waals surface area contributed by atoms with Crippen LogP contribution in [0.1, 0.15) is 22.6 Å². The van der Waals surface area contributed by atoms with E-state index in [2.05, 4.69) is 0 Å². The van der Waals surface area contributed by atoms with Crippen molar-refractivity contribution in [2.24, 2.45) is 0 Å². The van der Waals surface area contributed by atoms with Gasteiger partial charge in [0.15, 0.2) is 11.5 Å². The number of phenolic OH excluding ortho intramolecular Hbond substituents is 3. The van der Waals surface area contributed by atoms with E-state index in [1.54, 1.807) is 24.3 Å². The number of hydrogen-bond acceptors (Lipinski definition) is 8. The van der Waals surface area contributed by atoms with Crippen molar-refractivity contribution in [3.8, 4) is 17.2 Å². The van der Waals surface area contributed by atoms with E-state index in [1.165, 1.54) is 6.07 Å². The van der Waals surface area contributed by atoms with Gasteiger partial charge in [0.1, 0.15) is 5.75 Å². The lowest BCUT2D eigenvalue weighted by Gasteiger charge is -2.27. The molecule has 9 nitrogen and oxygen atoms in total. The maximum absolute atomic E-state index is 10.0. The van der Waals surface area contributed by atoms with Gasteiger partial charge in [-0.3, -0.25) is 9.45 Å². The van der Waals surface area contributed by atoms with Crippen LogP contribution in [0.4, 0.5) is 0 Å². The number of aliphatic hydroxyl groups excluding tert-OH is 2. The van der Waals surface area contributed by atoms with Gasteiger partial charge in [0, 0.05) is 25.6 Å². The number of aromatic hydroxyl groups is 3. The molecule has 2 atom stereocenters. The molecule has 3 rings (SSSR count). The van der Waals surface area contributed by atoms with E-state index in [-0.39, 0.29) is 34.8 Å². The minimum Gasteiger partial charge on any atom is -0.508 e. The lowest BCUT2D eigenvalue weighted by atomic mass is 9.87. The monoisotopic (exact) mass is 475 g/mol. The van der Waals surface area contributed by atoms with Crippen LogP contribution in [0.15, 0.2) is 30.3 Å². The Labute approximate surface area is 185 Å². The van der Waals surface area contributed by atoms with E-state index in [1.807, 2.05) is 4.90 Å². The molecule has 2 aromatic rings. The molecular formula is C20H26ClNO8S. The number of aliphatic hydroxyl groups is 2. The van der Waals surface area contributed by atoms with Crippen molar-refractivity contribution in [1.29, 1.82) is 0 Å². The highest BCUT2D eigenvalue weighted by atomic mass is 35.5. The van der Waals surface area contributed by atoms with Crippen molar-refractivity contribution >= 4 is 21.7 Å². The van der Waals surface area contributed by atoms with E-state index in [9.17, 15) is 28.8 Å². The van der Waals surface area contributed by atoms with E-state index < -0.39 is 16.2 Å². The summed E-state index contributed by atoms with van der Waals surface area (Å²) in [5.41, 5.74) is 2.47. The molecule has 0 saturated heterocycles. The number of hydrogen-bond donors (Lipinski definition) is 6. The van der Waals surface area contributed by atoms with Crippen LogP contribution in [0, 0.1) is 0 Å². The predicted octanol–water partition coefficient (Wildman–Crippen LogP) is 1.30. The predicted molar refractivity (Wildman–Crippen MR) is 115 cm³/mol. The molecule has 1 aliphatic rings. The van der Waals surface area contributed by atoms with Crippen molar-refractivity contribution in [3.63, 3.8) is 0 Å². The smallest absolute Gasteiger partial charge is 0.261 e. The zero-order chi connectivity index (χ0) is 23.3. The molecule has 0 aromatic heterocycles. The summed E-state index contributed by atoms with van der Waals surface area (Å²) in [7, 11) is -3.67. The molecule has 1 heterocycles. The summed E-state index contributed by atoms with van der Waals surface area (Å²) in [5, 5.41) is 48.7. The molecule has 0 bridgehead atoms. The third-order valence-electron chi connectivity index (χ3n) is 4.83. The van der Waals surface area contributed by atoms with E-state index in [0.29, 0.717) is 32.3 Å². The molecule has 0 fully saturated rings. The first kappa shape index (κ1) is 25.2. The molecule has 0 amide bonds. The number of halogens is 1. The highest BCUT2D eigenvalue weighted by Crippen LogP contribution is 2.43. The number of benzene rings is 2. The maximum atomic E-state index is 10.0. The molecule has 6 N–H and O–H groups in total. The van der Waals surface area contributed by atoms with Gasteiger partial charge in [-0.2, -0.15) is 8.42 Å². The van der Waals surface area contributed by atoms with Crippen LogP contribution in [0.2, 0.25) is 5.02 Å². The summed E-state index contributed by atoms with van der Waals surface area (Å²) in [6.45, 7) is 1.10. The highest BCUT2D eigenvalue weighted by molar-refractivity contribution is 7.85. The quantitative estimate of drug-likeness (QED) is 0.283. The lowest BCUT2D eigenvalue weighted by molar-refractivity contribution is 0.0593. The lowest BCUT2D eigenvalue weighted by Crippen LogP contribution is -2.37. The summed E-state index contributed by atoms with van der Waals surface area (Å²) >= 11 is 6.29. The fraction of sp³-hybridized carbons (Fsp3) is 0.400. The first-order valence-corrected chi connectivity index (χ1v) is 11.6. The summed E-state index contributed by atoms with van der Waals surface area (Å²) in [6, 6.07) is 8.31. The molecule has 1 aliphatic heterocycles. The van der Waals surface area contributed by atoms with Crippen LogP contribution in [-0.2, 0) is 16.5 Å². The van der Waals surface area contributed by atoms with Gasteiger partial charge < -0.3 is 25.5 Å². The number of fused-ring (bicyclic) bond motifs is 1. The number of nitrogens with zero attached hydrogens (tertiary/aromatic N) is 1. The molecule has 0 aliphatic carbocycles. The second kappa shape index (κ2) is 10.5. The zero-order valence-corrected chi connectivity index (χ0v) is 18.4. The first-order valence-electron chi connectivity index (χ1n) is 9.36. The van der Waals surface area contributed by atoms with E-state index >= 15 is 0 Å². The van der Waals surface area contributed by atoms with Crippen LogP contribution in [-0.4, -0.2) is 82.0 Å². The van der Waals surface area contributed by atoms with Gasteiger partial charge in [-0.15, -0.1) is 0 Å². The second-order valence-electron chi connectivity index (χ2n) is 7.35. The molecule has 172 valence electrons. The summed E-state index contributed by atoms with van der Waals surface area (Å²) < 4.78 is 25.9. The van der Waals surface area contributed by atoms with Crippen molar-refractivity contribution in [3.05, 3.63) is 52.0 Å². The zero-order valence-electron chi connectivity index (χ0n) is 16.8. The minimum absolute atomic E-state index is 0.133. The molecule has 2 aromatic carbocycles. The van der Waals surface area contributed by atoms with Gasteiger partial charge in [0.25, 0.3) is 10.1 Å². The molecule has 0 spiro atoms. The summed E-state index contributed by atoms with van der Waals surface area (Å²) in [5.74, 6) is -0.634. The molecule has 0 saturated carbocycles. The van der Waals surface area contributed by atoms with Gasteiger partial charge in [-0.1, -0.05) is 23.7 Å². The third-order valence-corrected chi connectivity index (χ3v) is 5.23. The van der Waals surface area contributed by atoms with Gasteiger partial charge >= 0.3 is 0 Å². The Bertz CT molecular complexity index is 989. The SMILES string of the molecule is CS(=O)(=O)O.OCC(O)CN1CCc2c(cc(O)c(O)c2Cl)C(c2ccc(O)cc2)C1. The standard InChI is InChI=1S/C19H22ClNO5.CH4O3S/c20-18-14-5-6-21(8-13(24)10-22)9-16(11-1-3-12(23)4-2-11)15(14)7-17(25)19(18)26;1-5(2,3)4/h1-4,7,13,16,22-26H,5-6,8-10H2;1H3,(H,2,3,4).